The van der Waals surface area contributed by atoms with Gasteiger partial charge in [0.2, 0.25) is 5.91 Å². The summed E-state index contributed by atoms with van der Waals surface area (Å²) in [6.45, 7) is 4.83. The molecule has 0 bridgehead atoms. The largest absolute Gasteiger partial charge is 0.482 e. The molecule has 0 radical (unpaired) electrons. The van der Waals surface area contributed by atoms with Crippen LogP contribution in [-0.2, 0) is 9.59 Å². The van der Waals surface area contributed by atoms with E-state index in [1.807, 2.05) is 13.8 Å². The monoisotopic (exact) mass is 280 g/mol. The summed E-state index contributed by atoms with van der Waals surface area (Å²) in [5.74, 6) is -0.886. The van der Waals surface area contributed by atoms with E-state index in [0.29, 0.717) is 18.0 Å². The van der Waals surface area contributed by atoms with Crippen LogP contribution in [-0.4, -0.2) is 36.7 Å². The molecule has 0 aliphatic heterocycles. The van der Waals surface area contributed by atoms with Crippen LogP contribution in [0.5, 0.6) is 5.75 Å². The molecule has 1 amide bonds. The third-order valence-electron chi connectivity index (χ3n) is 2.61. The van der Waals surface area contributed by atoms with Crippen molar-refractivity contribution < 1.29 is 19.4 Å². The molecule has 20 heavy (non-hydrogen) atoms. The van der Waals surface area contributed by atoms with Crippen LogP contribution in [0, 0.1) is 5.92 Å². The molecule has 0 aliphatic rings. The Morgan fingerprint density at radius 1 is 1.40 bits per heavy atom. The van der Waals surface area contributed by atoms with Crippen LogP contribution in [0.1, 0.15) is 13.8 Å². The van der Waals surface area contributed by atoms with Crippen LogP contribution in [0.25, 0.3) is 0 Å². The Labute approximate surface area is 118 Å². The first-order valence-electron chi connectivity index (χ1n) is 6.49. The summed E-state index contributed by atoms with van der Waals surface area (Å²) in [6, 6.07) is 6.66. The minimum atomic E-state index is -1.04. The molecule has 0 saturated carbocycles. The Balaban J connectivity index is 2.56. The number of aliphatic carboxylic acids is 1. The van der Waals surface area contributed by atoms with Gasteiger partial charge in [-0.25, -0.2) is 4.79 Å². The summed E-state index contributed by atoms with van der Waals surface area (Å²) in [7, 11) is 0. The Bertz CT molecular complexity index is 462. The van der Waals surface area contributed by atoms with Crippen LogP contribution in [0.3, 0.4) is 0 Å². The van der Waals surface area contributed by atoms with Gasteiger partial charge in [-0.3, -0.25) is 4.79 Å². The van der Waals surface area contributed by atoms with Crippen LogP contribution >= 0.6 is 0 Å². The molecule has 3 N–H and O–H groups in total. The van der Waals surface area contributed by atoms with Gasteiger partial charge >= 0.3 is 5.97 Å². The molecule has 1 aromatic carbocycles. The summed E-state index contributed by atoms with van der Waals surface area (Å²) >= 11 is 0. The maximum atomic E-state index is 11.9. The molecule has 0 spiro atoms. The van der Waals surface area contributed by atoms with Crippen molar-refractivity contribution in [1.82, 2.24) is 5.32 Å². The Kier molecular flexibility index (Phi) is 6.52. The molecule has 0 fully saturated rings. The fourth-order valence-corrected chi connectivity index (χ4v) is 1.53. The molecule has 6 nitrogen and oxygen atoms in total. The second-order valence-electron chi connectivity index (χ2n) is 4.41. The van der Waals surface area contributed by atoms with E-state index in [2.05, 4.69) is 10.6 Å². The molecule has 6 heteroatoms. The number of nitrogens with one attached hydrogen (secondary N) is 2. The number of carboxylic acids is 1. The Morgan fingerprint density at radius 3 is 2.80 bits per heavy atom. The molecule has 1 unspecified atom stereocenters. The minimum absolute atomic E-state index is 0.0960. The number of benzene rings is 1. The van der Waals surface area contributed by atoms with Crippen molar-refractivity contribution >= 4 is 17.6 Å². The van der Waals surface area contributed by atoms with E-state index in [9.17, 15) is 9.59 Å². The maximum absolute atomic E-state index is 11.9. The van der Waals surface area contributed by atoms with Crippen molar-refractivity contribution in [2.24, 2.45) is 5.92 Å². The van der Waals surface area contributed by atoms with E-state index in [4.69, 9.17) is 9.84 Å². The van der Waals surface area contributed by atoms with E-state index in [1.54, 1.807) is 24.3 Å². The number of ether oxygens (including phenoxy) is 1. The number of carbonyl (C=O) groups is 2. The lowest BCUT2D eigenvalue weighted by Gasteiger charge is -2.13. The quantitative estimate of drug-likeness (QED) is 0.668. The smallest absolute Gasteiger partial charge is 0.341 e. The predicted molar refractivity (Wildman–Crippen MR) is 75.9 cm³/mol. The maximum Gasteiger partial charge on any atom is 0.341 e. The lowest BCUT2D eigenvalue weighted by atomic mass is 10.1. The van der Waals surface area contributed by atoms with Crippen molar-refractivity contribution in [3.05, 3.63) is 24.3 Å². The standard InChI is InChI=1S/C14H20N2O4/c1-3-15-8-10(2)14(19)16-11-5-4-6-12(7-11)20-9-13(17)18/h4-7,10,15H,3,8-9H2,1-2H3,(H,16,19)(H,17,18). The summed E-state index contributed by atoms with van der Waals surface area (Å²) in [4.78, 5) is 22.3. The molecule has 1 atom stereocenters. The average molecular weight is 280 g/mol. The lowest BCUT2D eigenvalue weighted by molar-refractivity contribution is -0.139. The summed E-state index contributed by atoms with van der Waals surface area (Å²) in [6.07, 6.45) is 0. The Morgan fingerprint density at radius 2 is 2.15 bits per heavy atom. The minimum Gasteiger partial charge on any atom is -0.482 e. The zero-order valence-corrected chi connectivity index (χ0v) is 11.7. The molecule has 110 valence electrons. The molecule has 0 saturated heterocycles. The van der Waals surface area contributed by atoms with Crippen molar-refractivity contribution in [3.8, 4) is 5.75 Å². The zero-order valence-electron chi connectivity index (χ0n) is 11.7. The normalized spacial score (nSPS) is 11.7. The summed E-state index contributed by atoms with van der Waals surface area (Å²) < 4.78 is 5.05. The Hall–Kier alpha value is -2.08. The van der Waals surface area contributed by atoms with Crippen molar-refractivity contribution in [2.45, 2.75) is 13.8 Å². The first kappa shape index (κ1) is 16.0. The first-order valence-corrected chi connectivity index (χ1v) is 6.49. The van der Waals surface area contributed by atoms with Crippen molar-refractivity contribution in [1.29, 1.82) is 0 Å². The van der Waals surface area contributed by atoms with Crippen molar-refractivity contribution in [2.75, 3.05) is 25.0 Å². The zero-order chi connectivity index (χ0) is 15.0. The molecular formula is C14H20N2O4. The highest BCUT2D eigenvalue weighted by atomic mass is 16.5. The van der Waals surface area contributed by atoms with Gasteiger partial charge in [-0.2, -0.15) is 0 Å². The van der Waals surface area contributed by atoms with Crippen molar-refractivity contribution in [3.63, 3.8) is 0 Å². The molecular weight excluding hydrogens is 260 g/mol. The highest BCUT2D eigenvalue weighted by molar-refractivity contribution is 5.92. The van der Waals surface area contributed by atoms with E-state index >= 15 is 0 Å². The number of anilines is 1. The second kappa shape index (κ2) is 8.16. The van der Waals surface area contributed by atoms with Crippen LogP contribution in [0.15, 0.2) is 24.3 Å². The molecule has 1 aromatic rings. The highest BCUT2D eigenvalue weighted by Gasteiger charge is 2.12. The molecule has 1 rings (SSSR count). The molecule has 0 aromatic heterocycles. The molecule has 0 heterocycles. The van der Waals surface area contributed by atoms with E-state index in [-0.39, 0.29) is 11.8 Å². The van der Waals surface area contributed by atoms with Gasteiger partial charge in [0.1, 0.15) is 5.75 Å². The van der Waals surface area contributed by atoms with E-state index in [0.717, 1.165) is 6.54 Å². The number of hydrogen-bond acceptors (Lipinski definition) is 4. The van der Waals surface area contributed by atoms with Crippen LogP contribution in [0.4, 0.5) is 5.69 Å². The fraction of sp³-hybridized carbons (Fsp3) is 0.429. The van der Waals surface area contributed by atoms with Gasteiger partial charge in [-0.1, -0.05) is 19.9 Å². The van der Waals surface area contributed by atoms with Crippen LogP contribution in [0.2, 0.25) is 0 Å². The third-order valence-corrected chi connectivity index (χ3v) is 2.61. The number of hydrogen-bond donors (Lipinski definition) is 3. The van der Waals surface area contributed by atoms with Gasteiger partial charge in [-0.15, -0.1) is 0 Å². The third kappa shape index (κ3) is 5.71. The molecule has 0 aliphatic carbocycles. The predicted octanol–water partition coefficient (Wildman–Crippen LogP) is 1.33. The highest BCUT2D eigenvalue weighted by Crippen LogP contribution is 2.17. The van der Waals surface area contributed by atoms with E-state index < -0.39 is 12.6 Å². The fourth-order valence-electron chi connectivity index (χ4n) is 1.53. The van der Waals surface area contributed by atoms with Gasteiger partial charge in [0.25, 0.3) is 0 Å². The number of amides is 1. The number of carboxylic acid groups (broad SMARTS) is 1. The topological polar surface area (TPSA) is 87.7 Å². The van der Waals surface area contributed by atoms with Crippen LogP contribution < -0.4 is 15.4 Å². The number of carbonyl (C=O) groups excluding carboxylic acids is 1. The number of rotatable bonds is 8. The van der Waals surface area contributed by atoms with E-state index in [1.165, 1.54) is 0 Å². The second-order valence-corrected chi connectivity index (χ2v) is 4.41. The van der Waals surface area contributed by atoms with Gasteiger partial charge in [-0.05, 0) is 18.7 Å². The SMILES string of the molecule is CCNCC(C)C(=O)Nc1cccc(OCC(=O)O)c1. The van der Waals surface area contributed by atoms with Gasteiger partial charge in [0, 0.05) is 24.2 Å². The first-order chi connectivity index (χ1) is 9.52. The summed E-state index contributed by atoms with van der Waals surface area (Å²) in [5, 5.41) is 14.4. The van der Waals surface area contributed by atoms with Gasteiger partial charge in [0.05, 0.1) is 0 Å². The van der Waals surface area contributed by atoms with Gasteiger partial charge in [0.15, 0.2) is 6.61 Å². The summed E-state index contributed by atoms with van der Waals surface area (Å²) in [5.41, 5.74) is 0.584. The average Bonchev–Trinajstić information content (AvgIpc) is 2.42. The van der Waals surface area contributed by atoms with Gasteiger partial charge < -0.3 is 20.5 Å². The lowest BCUT2D eigenvalue weighted by Crippen LogP contribution is -2.30.